The molecule has 2 atom stereocenters. The molecule has 0 aliphatic carbocycles. The van der Waals surface area contributed by atoms with Crippen LogP contribution >= 0.6 is 0 Å². The van der Waals surface area contributed by atoms with E-state index in [1.807, 2.05) is 0 Å². The van der Waals surface area contributed by atoms with Gasteiger partial charge in [0, 0.05) is 37.4 Å². The highest BCUT2D eigenvalue weighted by Gasteiger charge is 2.21. The minimum Gasteiger partial charge on any atom is -0.373 e. The average Bonchev–Trinajstić information content (AvgIpc) is 2.71. The van der Waals surface area contributed by atoms with Crippen LogP contribution in [0.2, 0.25) is 0 Å². The highest BCUT2D eigenvalue weighted by atomic mass is 32.2. The molecule has 1 aliphatic rings. The molecular formula is C22H28FN3O4S. The fourth-order valence-corrected chi connectivity index (χ4v) is 4.65. The van der Waals surface area contributed by atoms with Gasteiger partial charge in [-0.1, -0.05) is 0 Å². The van der Waals surface area contributed by atoms with Crippen LogP contribution in [0, 0.1) is 5.82 Å². The Balaban J connectivity index is 1.47. The summed E-state index contributed by atoms with van der Waals surface area (Å²) in [5.74, 6) is -0.722. The predicted octanol–water partition coefficient (Wildman–Crippen LogP) is 2.86. The van der Waals surface area contributed by atoms with Gasteiger partial charge in [0.25, 0.3) is 15.9 Å². The second kappa shape index (κ2) is 10.2. The Hall–Kier alpha value is -2.49. The van der Waals surface area contributed by atoms with Crippen LogP contribution in [0.15, 0.2) is 53.4 Å². The number of hydrogen-bond donors (Lipinski definition) is 2. The van der Waals surface area contributed by atoms with Gasteiger partial charge in [-0.25, -0.2) is 12.8 Å². The van der Waals surface area contributed by atoms with E-state index in [1.54, 1.807) is 12.1 Å². The van der Waals surface area contributed by atoms with Crippen molar-refractivity contribution < 1.29 is 22.3 Å². The summed E-state index contributed by atoms with van der Waals surface area (Å²) in [4.78, 5) is 14.6. The van der Waals surface area contributed by atoms with Gasteiger partial charge in [-0.05, 0) is 68.8 Å². The number of anilines is 1. The standard InChI is InChI=1S/C22H28FN3O4S/c1-16-14-26(15-17(2)30-16)13-3-12-24-22(27)18-4-8-20(9-5-18)25-31(28,29)21-10-6-19(23)7-11-21/h4-11,16-17,25H,3,12-15H2,1-2H3,(H,24,27)/t16-,17+. The fraction of sp³-hybridized carbons (Fsp3) is 0.409. The molecule has 31 heavy (non-hydrogen) atoms. The van der Waals surface area contributed by atoms with Gasteiger partial charge in [0.2, 0.25) is 0 Å². The first-order valence-electron chi connectivity index (χ1n) is 10.3. The monoisotopic (exact) mass is 449 g/mol. The highest BCUT2D eigenvalue weighted by molar-refractivity contribution is 7.92. The Morgan fingerprint density at radius 1 is 1.06 bits per heavy atom. The topological polar surface area (TPSA) is 87.7 Å². The van der Waals surface area contributed by atoms with E-state index >= 15 is 0 Å². The van der Waals surface area contributed by atoms with Gasteiger partial charge in [0.15, 0.2) is 0 Å². The molecule has 1 heterocycles. The smallest absolute Gasteiger partial charge is 0.261 e. The summed E-state index contributed by atoms with van der Waals surface area (Å²) in [7, 11) is -3.83. The summed E-state index contributed by atoms with van der Waals surface area (Å²) in [5, 5.41) is 2.89. The first kappa shape index (κ1) is 23.2. The van der Waals surface area contributed by atoms with Crippen LogP contribution in [0.1, 0.15) is 30.6 Å². The summed E-state index contributed by atoms with van der Waals surface area (Å²) in [6, 6.07) is 10.7. The van der Waals surface area contributed by atoms with Crippen LogP contribution in [-0.2, 0) is 14.8 Å². The van der Waals surface area contributed by atoms with Crippen molar-refractivity contribution in [1.29, 1.82) is 0 Å². The number of morpholine rings is 1. The predicted molar refractivity (Wildman–Crippen MR) is 117 cm³/mol. The van der Waals surface area contributed by atoms with Crippen LogP contribution in [-0.4, -0.2) is 57.6 Å². The van der Waals surface area contributed by atoms with Crippen molar-refractivity contribution in [2.45, 2.75) is 37.4 Å². The van der Waals surface area contributed by atoms with E-state index in [-0.39, 0.29) is 23.0 Å². The van der Waals surface area contributed by atoms with Gasteiger partial charge in [0.1, 0.15) is 5.82 Å². The third-order valence-electron chi connectivity index (χ3n) is 4.96. The molecule has 168 valence electrons. The number of carbonyl (C=O) groups excluding carboxylic acids is 1. The van der Waals surface area contributed by atoms with E-state index in [4.69, 9.17) is 4.74 Å². The van der Waals surface area contributed by atoms with E-state index in [1.165, 1.54) is 24.3 Å². The Morgan fingerprint density at radius 3 is 2.29 bits per heavy atom. The number of rotatable bonds is 8. The van der Waals surface area contributed by atoms with Crippen molar-refractivity contribution in [2.75, 3.05) is 30.9 Å². The Kier molecular flexibility index (Phi) is 7.64. The second-order valence-electron chi connectivity index (χ2n) is 7.76. The minimum atomic E-state index is -3.83. The Bertz CT molecular complexity index is 971. The van der Waals surface area contributed by atoms with Crippen LogP contribution in [0.3, 0.4) is 0 Å². The summed E-state index contributed by atoms with van der Waals surface area (Å²) >= 11 is 0. The molecule has 2 N–H and O–H groups in total. The number of amides is 1. The van der Waals surface area contributed by atoms with Crippen LogP contribution in [0.25, 0.3) is 0 Å². The molecule has 3 rings (SSSR count). The van der Waals surface area contributed by atoms with E-state index in [0.717, 1.165) is 38.2 Å². The average molecular weight is 450 g/mol. The quantitative estimate of drug-likeness (QED) is 0.605. The number of benzene rings is 2. The number of nitrogens with one attached hydrogen (secondary N) is 2. The molecule has 0 radical (unpaired) electrons. The van der Waals surface area contributed by atoms with Gasteiger partial charge >= 0.3 is 0 Å². The number of hydrogen-bond acceptors (Lipinski definition) is 5. The van der Waals surface area contributed by atoms with Crippen molar-refractivity contribution in [2.24, 2.45) is 0 Å². The lowest BCUT2D eigenvalue weighted by Gasteiger charge is -2.35. The van der Waals surface area contributed by atoms with E-state index < -0.39 is 15.8 Å². The third kappa shape index (κ3) is 6.75. The lowest BCUT2D eigenvalue weighted by molar-refractivity contribution is -0.0680. The summed E-state index contributed by atoms with van der Waals surface area (Å²) in [6.45, 7) is 7.36. The largest absolute Gasteiger partial charge is 0.373 e. The summed E-state index contributed by atoms with van der Waals surface area (Å²) in [6.07, 6.45) is 1.27. The second-order valence-corrected chi connectivity index (χ2v) is 9.45. The van der Waals surface area contributed by atoms with Gasteiger partial charge in [-0.15, -0.1) is 0 Å². The molecule has 0 bridgehead atoms. The third-order valence-corrected chi connectivity index (χ3v) is 6.35. The van der Waals surface area contributed by atoms with E-state index in [0.29, 0.717) is 17.8 Å². The maximum Gasteiger partial charge on any atom is 0.261 e. The van der Waals surface area contributed by atoms with E-state index in [2.05, 4.69) is 28.8 Å². The minimum absolute atomic E-state index is 0.0419. The number of nitrogens with zero attached hydrogens (tertiary/aromatic N) is 1. The fourth-order valence-electron chi connectivity index (χ4n) is 3.59. The summed E-state index contributed by atoms with van der Waals surface area (Å²) < 4.78 is 45.8. The van der Waals surface area contributed by atoms with Crippen molar-refractivity contribution in [1.82, 2.24) is 10.2 Å². The van der Waals surface area contributed by atoms with Crippen molar-refractivity contribution in [3.63, 3.8) is 0 Å². The molecule has 0 spiro atoms. The number of ether oxygens (including phenoxy) is 1. The van der Waals surface area contributed by atoms with E-state index in [9.17, 15) is 17.6 Å². The lowest BCUT2D eigenvalue weighted by atomic mass is 10.2. The number of carbonyl (C=O) groups is 1. The van der Waals surface area contributed by atoms with Crippen LogP contribution < -0.4 is 10.0 Å². The lowest BCUT2D eigenvalue weighted by Crippen LogP contribution is -2.46. The van der Waals surface area contributed by atoms with Gasteiger partial charge < -0.3 is 10.1 Å². The molecule has 7 nitrogen and oxygen atoms in total. The molecule has 1 fully saturated rings. The van der Waals surface area contributed by atoms with Crippen molar-refractivity contribution in [3.05, 3.63) is 59.9 Å². The first-order chi connectivity index (χ1) is 14.7. The SMILES string of the molecule is C[C@@H]1CN(CCCNC(=O)c2ccc(NS(=O)(=O)c3ccc(F)cc3)cc2)C[C@H](C)O1. The Labute approximate surface area is 182 Å². The molecule has 0 aromatic heterocycles. The molecule has 2 aromatic rings. The van der Waals surface area contributed by atoms with Gasteiger partial charge in [0.05, 0.1) is 17.1 Å². The van der Waals surface area contributed by atoms with Crippen LogP contribution in [0.4, 0.5) is 10.1 Å². The van der Waals surface area contributed by atoms with Gasteiger partial charge in [-0.2, -0.15) is 0 Å². The first-order valence-corrected chi connectivity index (χ1v) is 11.8. The highest BCUT2D eigenvalue weighted by Crippen LogP contribution is 2.17. The van der Waals surface area contributed by atoms with Gasteiger partial charge in [-0.3, -0.25) is 14.4 Å². The van der Waals surface area contributed by atoms with Crippen molar-refractivity contribution >= 4 is 21.6 Å². The molecule has 0 saturated carbocycles. The molecule has 1 aliphatic heterocycles. The molecular weight excluding hydrogens is 421 g/mol. The molecule has 2 aromatic carbocycles. The zero-order valence-corrected chi connectivity index (χ0v) is 18.5. The maximum absolute atomic E-state index is 13.0. The molecule has 9 heteroatoms. The molecule has 0 unspecified atom stereocenters. The number of sulfonamides is 1. The molecule has 1 saturated heterocycles. The zero-order chi connectivity index (χ0) is 22.4. The Morgan fingerprint density at radius 2 is 1.68 bits per heavy atom. The molecule has 1 amide bonds. The van der Waals surface area contributed by atoms with Crippen molar-refractivity contribution in [3.8, 4) is 0 Å². The normalized spacial score (nSPS) is 19.7. The zero-order valence-electron chi connectivity index (χ0n) is 17.7. The maximum atomic E-state index is 13.0. The summed E-state index contributed by atoms with van der Waals surface area (Å²) in [5.41, 5.74) is 0.759. The number of halogens is 1. The van der Waals surface area contributed by atoms with Crippen LogP contribution in [0.5, 0.6) is 0 Å².